The topological polar surface area (TPSA) is 91.8 Å². The van der Waals surface area contributed by atoms with E-state index in [4.69, 9.17) is 11.6 Å². The second kappa shape index (κ2) is 5.30. The summed E-state index contributed by atoms with van der Waals surface area (Å²) in [4.78, 5) is 22.5. The molecule has 0 saturated heterocycles. The number of nitrogens with one attached hydrogen (secondary N) is 3. The standard InChI is InChI=1S/C7H11ClN6O/c1-3-10-7(15)14-6-12-4(8)11-5(9-2)13-6/h3H2,1-2H3,(H3,9,10,11,12,13,14,15). The quantitative estimate of drug-likeness (QED) is 0.711. The molecule has 0 bridgehead atoms. The number of aromatic nitrogens is 3. The molecule has 8 heteroatoms. The predicted octanol–water partition coefficient (Wildman–Crippen LogP) is 0.708. The number of hydrogen-bond acceptors (Lipinski definition) is 5. The van der Waals surface area contributed by atoms with Gasteiger partial charge in [0.25, 0.3) is 0 Å². The molecule has 2 amide bonds. The van der Waals surface area contributed by atoms with Gasteiger partial charge in [0, 0.05) is 13.6 Å². The molecule has 0 atom stereocenters. The van der Waals surface area contributed by atoms with Gasteiger partial charge in [-0.05, 0) is 18.5 Å². The van der Waals surface area contributed by atoms with Crippen LogP contribution in [0, 0.1) is 0 Å². The molecule has 0 aliphatic heterocycles. The van der Waals surface area contributed by atoms with Crippen LogP contribution in [0.2, 0.25) is 5.28 Å². The molecule has 0 spiro atoms. The van der Waals surface area contributed by atoms with Crippen LogP contribution in [0.15, 0.2) is 0 Å². The molecular weight excluding hydrogens is 220 g/mol. The van der Waals surface area contributed by atoms with Crippen molar-refractivity contribution >= 4 is 29.5 Å². The maximum atomic E-state index is 11.1. The molecule has 82 valence electrons. The second-order valence-electron chi connectivity index (χ2n) is 2.49. The average Bonchev–Trinajstić information content (AvgIpc) is 2.17. The maximum Gasteiger partial charge on any atom is 0.321 e. The fourth-order valence-corrected chi connectivity index (χ4v) is 0.984. The molecule has 0 fully saturated rings. The van der Waals surface area contributed by atoms with Crippen LogP contribution >= 0.6 is 11.6 Å². The van der Waals surface area contributed by atoms with Crippen LogP contribution < -0.4 is 16.0 Å². The van der Waals surface area contributed by atoms with Gasteiger partial charge in [0.1, 0.15) is 0 Å². The van der Waals surface area contributed by atoms with E-state index in [-0.39, 0.29) is 17.3 Å². The zero-order valence-electron chi connectivity index (χ0n) is 8.33. The first-order chi connectivity index (χ1) is 7.15. The summed E-state index contributed by atoms with van der Waals surface area (Å²) in [6, 6.07) is -0.387. The molecule has 0 saturated carbocycles. The van der Waals surface area contributed by atoms with Crippen molar-refractivity contribution in [1.82, 2.24) is 20.3 Å². The van der Waals surface area contributed by atoms with Gasteiger partial charge in [0.2, 0.25) is 17.2 Å². The zero-order chi connectivity index (χ0) is 11.3. The highest BCUT2D eigenvalue weighted by molar-refractivity contribution is 6.28. The molecule has 0 aliphatic carbocycles. The maximum absolute atomic E-state index is 11.1. The van der Waals surface area contributed by atoms with Gasteiger partial charge in [-0.1, -0.05) is 0 Å². The molecule has 0 unspecified atom stereocenters. The Morgan fingerprint density at radius 1 is 1.33 bits per heavy atom. The summed E-state index contributed by atoms with van der Waals surface area (Å²) in [6.45, 7) is 2.32. The van der Waals surface area contributed by atoms with E-state index < -0.39 is 0 Å². The van der Waals surface area contributed by atoms with E-state index in [1.165, 1.54) is 0 Å². The summed E-state index contributed by atoms with van der Waals surface area (Å²) in [5, 5.41) is 7.67. The summed E-state index contributed by atoms with van der Waals surface area (Å²) in [6.07, 6.45) is 0. The first-order valence-corrected chi connectivity index (χ1v) is 4.67. The Hall–Kier alpha value is -1.63. The molecule has 0 aliphatic rings. The van der Waals surface area contributed by atoms with Gasteiger partial charge in [-0.15, -0.1) is 0 Å². The molecule has 3 N–H and O–H groups in total. The highest BCUT2D eigenvalue weighted by Crippen LogP contribution is 2.08. The van der Waals surface area contributed by atoms with Gasteiger partial charge in [-0.3, -0.25) is 5.32 Å². The van der Waals surface area contributed by atoms with E-state index in [0.717, 1.165) is 0 Å². The highest BCUT2D eigenvalue weighted by Gasteiger charge is 2.06. The number of urea groups is 1. The van der Waals surface area contributed by atoms with Crippen molar-refractivity contribution in [2.45, 2.75) is 6.92 Å². The predicted molar refractivity (Wildman–Crippen MR) is 57.1 cm³/mol. The minimum atomic E-state index is -0.387. The van der Waals surface area contributed by atoms with E-state index in [9.17, 15) is 4.79 Å². The van der Waals surface area contributed by atoms with Crippen LogP contribution in [0.1, 0.15) is 6.92 Å². The third kappa shape index (κ3) is 3.55. The van der Waals surface area contributed by atoms with E-state index >= 15 is 0 Å². The number of halogens is 1. The van der Waals surface area contributed by atoms with Crippen LogP contribution in [0.25, 0.3) is 0 Å². The minimum absolute atomic E-state index is 0.0150. The van der Waals surface area contributed by atoms with Crippen LogP contribution in [-0.2, 0) is 0 Å². The van der Waals surface area contributed by atoms with Gasteiger partial charge in [0.05, 0.1) is 0 Å². The van der Waals surface area contributed by atoms with Crippen molar-refractivity contribution in [3.05, 3.63) is 5.28 Å². The van der Waals surface area contributed by atoms with Gasteiger partial charge < -0.3 is 10.6 Å². The average molecular weight is 231 g/mol. The fraction of sp³-hybridized carbons (Fsp3) is 0.429. The second-order valence-corrected chi connectivity index (χ2v) is 2.82. The lowest BCUT2D eigenvalue weighted by molar-refractivity contribution is 0.252. The largest absolute Gasteiger partial charge is 0.357 e. The molecule has 0 aromatic carbocycles. The Bertz CT molecular complexity index is 357. The van der Waals surface area contributed by atoms with Crippen LogP contribution in [0.5, 0.6) is 0 Å². The van der Waals surface area contributed by atoms with E-state index in [2.05, 4.69) is 30.9 Å². The molecule has 7 nitrogen and oxygen atoms in total. The van der Waals surface area contributed by atoms with Crippen LogP contribution in [-0.4, -0.2) is 34.6 Å². The van der Waals surface area contributed by atoms with E-state index in [1.54, 1.807) is 14.0 Å². The summed E-state index contributed by atoms with van der Waals surface area (Å²) in [5.41, 5.74) is 0. The monoisotopic (exact) mass is 230 g/mol. The highest BCUT2D eigenvalue weighted by atomic mass is 35.5. The van der Waals surface area contributed by atoms with E-state index in [1.807, 2.05) is 0 Å². The lowest BCUT2D eigenvalue weighted by atomic mass is 10.7. The molecule has 15 heavy (non-hydrogen) atoms. The number of hydrogen-bond donors (Lipinski definition) is 3. The fourth-order valence-electron chi connectivity index (χ4n) is 0.824. The third-order valence-electron chi connectivity index (χ3n) is 1.39. The van der Waals surface area contributed by atoms with Gasteiger partial charge >= 0.3 is 6.03 Å². The first-order valence-electron chi connectivity index (χ1n) is 4.30. The molecule has 1 aromatic heterocycles. The Balaban J connectivity index is 2.76. The third-order valence-corrected chi connectivity index (χ3v) is 1.56. The summed E-state index contributed by atoms with van der Waals surface area (Å²) in [5.74, 6) is 0.395. The number of nitrogens with zero attached hydrogens (tertiary/aromatic N) is 3. The Labute approximate surface area is 91.7 Å². The molecule has 1 aromatic rings. The number of amides is 2. The SMILES string of the molecule is CCNC(=O)Nc1nc(Cl)nc(NC)n1. The van der Waals surface area contributed by atoms with Crippen molar-refractivity contribution in [3.8, 4) is 0 Å². The van der Waals surface area contributed by atoms with Crippen molar-refractivity contribution in [2.24, 2.45) is 0 Å². The molecule has 1 heterocycles. The molecular formula is C7H11ClN6O. The minimum Gasteiger partial charge on any atom is -0.357 e. The van der Waals surface area contributed by atoms with Crippen molar-refractivity contribution in [1.29, 1.82) is 0 Å². The number of carbonyl (C=O) groups excluding carboxylic acids is 1. The summed E-state index contributed by atoms with van der Waals surface area (Å²) in [7, 11) is 1.64. The van der Waals surface area contributed by atoms with Gasteiger partial charge in [0.15, 0.2) is 0 Å². The summed E-state index contributed by atoms with van der Waals surface area (Å²) < 4.78 is 0. The Morgan fingerprint density at radius 3 is 2.60 bits per heavy atom. The lowest BCUT2D eigenvalue weighted by Crippen LogP contribution is -2.29. The number of rotatable bonds is 3. The molecule has 1 rings (SSSR count). The zero-order valence-corrected chi connectivity index (χ0v) is 9.09. The number of carbonyl (C=O) groups is 1. The smallest absolute Gasteiger partial charge is 0.321 e. The van der Waals surface area contributed by atoms with Gasteiger partial charge in [-0.25, -0.2) is 4.79 Å². The van der Waals surface area contributed by atoms with Crippen LogP contribution in [0.3, 0.4) is 0 Å². The number of anilines is 2. The van der Waals surface area contributed by atoms with Crippen LogP contribution in [0.4, 0.5) is 16.7 Å². The van der Waals surface area contributed by atoms with E-state index in [0.29, 0.717) is 12.5 Å². The first kappa shape index (κ1) is 11.4. The molecule has 0 radical (unpaired) electrons. The normalized spacial score (nSPS) is 9.53. The Morgan fingerprint density at radius 2 is 2.00 bits per heavy atom. The summed E-state index contributed by atoms with van der Waals surface area (Å²) >= 11 is 5.62. The van der Waals surface area contributed by atoms with Gasteiger partial charge in [-0.2, -0.15) is 15.0 Å². The lowest BCUT2D eigenvalue weighted by Gasteiger charge is -2.05. The Kier molecular flexibility index (Phi) is 4.04. The van der Waals surface area contributed by atoms with Crippen molar-refractivity contribution in [2.75, 3.05) is 24.2 Å². The van der Waals surface area contributed by atoms with Crippen molar-refractivity contribution < 1.29 is 4.79 Å². The van der Waals surface area contributed by atoms with Crippen molar-refractivity contribution in [3.63, 3.8) is 0 Å².